The van der Waals surface area contributed by atoms with Crippen LogP contribution in [0.25, 0.3) is 21.8 Å². The number of hydrogen-bond acceptors (Lipinski definition) is 8. The minimum atomic E-state index is -0.507. The third-order valence-electron chi connectivity index (χ3n) is 5.69. The van der Waals surface area contributed by atoms with E-state index in [0.29, 0.717) is 28.7 Å². The minimum absolute atomic E-state index is 0.146. The van der Waals surface area contributed by atoms with E-state index >= 15 is 0 Å². The predicted octanol–water partition coefficient (Wildman–Crippen LogP) is 1.65. The molecule has 1 saturated heterocycles. The SMILES string of the molecule is Cn1cc2cc(NC(=O)c3ccc(N4CCNCC4)c4cnc(OCCN)nc34)cc(F)c2n1. The number of nitrogens with one attached hydrogen (secondary N) is 2. The van der Waals surface area contributed by atoms with Gasteiger partial charge in [-0.2, -0.15) is 10.1 Å². The first-order chi connectivity index (χ1) is 16.5. The van der Waals surface area contributed by atoms with Crippen molar-refractivity contribution in [3.63, 3.8) is 0 Å². The predicted molar refractivity (Wildman–Crippen MR) is 128 cm³/mol. The van der Waals surface area contributed by atoms with Crippen molar-refractivity contribution >= 4 is 39.1 Å². The molecular formula is C23H25FN8O2. The Morgan fingerprint density at radius 3 is 2.88 bits per heavy atom. The molecule has 10 nitrogen and oxygen atoms in total. The Balaban J connectivity index is 1.54. The fourth-order valence-corrected chi connectivity index (χ4v) is 4.16. The summed E-state index contributed by atoms with van der Waals surface area (Å²) in [5, 5.41) is 11.6. The Labute approximate surface area is 194 Å². The van der Waals surface area contributed by atoms with Gasteiger partial charge in [-0.05, 0) is 24.3 Å². The van der Waals surface area contributed by atoms with Crippen molar-refractivity contribution in [2.24, 2.45) is 12.8 Å². The van der Waals surface area contributed by atoms with Crippen molar-refractivity contribution < 1.29 is 13.9 Å². The third-order valence-corrected chi connectivity index (χ3v) is 5.69. The number of hydrogen-bond donors (Lipinski definition) is 3. The van der Waals surface area contributed by atoms with Crippen LogP contribution in [0.3, 0.4) is 0 Å². The molecular weight excluding hydrogens is 439 g/mol. The van der Waals surface area contributed by atoms with Gasteiger partial charge in [0.2, 0.25) is 0 Å². The van der Waals surface area contributed by atoms with Crippen molar-refractivity contribution in [3.8, 4) is 6.01 Å². The first-order valence-corrected chi connectivity index (χ1v) is 11.1. The zero-order valence-corrected chi connectivity index (χ0v) is 18.7. The molecule has 176 valence electrons. The molecule has 1 aliphatic rings. The van der Waals surface area contributed by atoms with Gasteiger partial charge in [0.25, 0.3) is 5.91 Å². The van der Waals surface area contributed by atoms with Gasteiger partial charge >= 0.3 is 6.01 Å². The smallest absolute Gasteiger partial charge is 0.316 e. The molecule has 4 N–H and O–H groups in total. The molecule has 5 rings (SSSR count). The lowest BCUT2D eigenvalue weighted by atomic mass is 10.1. The van der Waals surface area contributed by atoms with E-state index in [0.717, 1.165) is 37.3 Å². The van der Waals surface area contributed by atoms with Crippen molar-refractivity contribution in [1.29, 1.82) is 0 Å². The Kier molecular flexibility index (Phi) is 5.95. The number of anilines is 2. The number of aromatic nitrogens is 4. The number of benzene rings is 2. The lowest BCUT2D eigenvalue weighted by Crippen LogP contribution is -2.43. The standard InChI is InChI=1S/C23H25FN8O2/c1-31-13-14-10-15(11-18(24)20(14)30-31)28-22(33)16-2-3-19(32-7-5-26-6-8-32)17-12-27-23(29-21(16)17)34-9-4-25/h2-3,10-13,26H,4-9,25H2,1H3,(H,28,33). The molecule has 2 aromatic heterocycles. The first kappa shape index (κ1) is 22.0. The topological polar surface area (TPSA) is 123 Å². The summed E-state index contributed by atoms with van der Waals surface area (Å²) >= 11 is 0. The van der Waals surface area contributed by atoms with E-state index in [1.54, 1.807) is 31.6 Å². The van der Waals surface area contributed by atoms with E-state index in [9.17, 15) is 9.18 Å². The molecule has 0 radical (unpaired) electrons. The highest BCUT2D eigenvalue weighted by atomic mass is 19.1. The molecule has 0 aliphatic carbocycles. The molecule has 3 heterocycles. The lowest BCUT2D eigenvalue weighted by Gasteiger charge is -2.30. The second-order valence-corrected chi connectivity index (χ2v) is 8.07. The number of halogens is 1. The highest BCUT2D eigenvalue weighted by molar-refractivity contribution is 6.14. The Morgan fingerprint density at radius 1 is 1.26 bits per heavy atom. The summed E-state index contributed by atoms with van der Waals surface area (Å²) < 4.78 is 21.5. The van der Waals surface area contributed by atoms with Crippen LogP contribution in [-0.4, -0.2) is 65.0 Å². The van der Waals surface area contributed by atoms with Gasteiger partial charge in [-0.25, -0.2) is 9.37 Å². The van der Waals surface area contributed by atoms with Crippen LogP contribution in [0.5, 0.6) is 6.01 Å². The van der Waals surface area contributed by atoms with Crippen LogP contribution in [-0.2, 0) is 7.05 Å². The summed E-state index contributed by atoms with van der Waals surface area (Å²) in [4.78, 5) is 24.4. The average molecular weight is 465 g/mol. The molecule has 0 saturated carbocycles. The number of aryl methyl sites for hydroxylation is 1. The van der Waals surface area contributed by atoms with Crippen LogP contribution < -0.4 is 26.0 Å². The summed E-state index contributed by atoms with van der Waals surface area (Å²) in [5.74, 6) is -0.921. The molecule has 0 atom stereocenters. The zero-order valence-electron chi connectivity index (χ0n) is 18.7. The van der Waals surface area contributed by atoms with E-state index in [1.807, 2.05) is 6.07 Å². The maximum atomic E-state index is 14.5. The van der Waals surface area contributed by atoms with E-state index in [1.165, 1.54) is 10.7 Å². The largest absolute Gasteiger partial charge is 0.462 e. The number of nitrogens with two attached hydrogens (primary N) is 1. The molecule has 0 spiro atoms. The van der Waals surface area contributed by atoms with Crippen molar-refractivity contribution in [3.05, 3.63) is 48.0 Å². The third kappa shape index (κ3) is 4.22. The van der Waals surface area contributed by atoms with E-state index in [4.69, 9.17) is 10.5 Å². The molecule has 2 aromatic carbocycles. The average Bonchev–Trinajstić information content (AvgIpc) is 3.23. The van der Waals surface area contributed by atoms with Gasteiger partial charge in [0.05, 0.1) is 11.1 Å². The van der Waals surface area contributed by atoms with Gasteiger partial charge in [-0.15, -0.1) is 0 Å². The fourth-order valence-electron chi connectivity index (χ4n) is 4.16. The molecule has 1 aliphatic heterocycles. The van der Waals surface area contributed by atoms with Crippen LogP contribution >= 0.6 is 0 Å². The van der Waals surface area contributed by atoms with Crippen molar-refractivity contribution in [1.82, 2.24) is 25.1 Å². The number of amides is 1. The Bertz CT molecular complexity index is 1370. The van der Waals surface area contributed by atoms with Gasteiger partial charge in [0.1, 0.15) is 12.1 Å². The zero-order chi connectivity index (χ0) is 23.7. The normalized spacial score (nSPS) is 14.0. The fraction of sp³-hybridized carbons (Fsp3) is 0.304. The molecule has 0 unspecified atom stereocenters. The monoisotopic (exact) mass is 464 g/mol. The quantitative estimate of drug-likeness (QED) is 0.394. The number of fused-ring (bicyclic) bond motifs is 2. The van der Waals surface area contributed by atoms with E-state index < -0.39 is 11.7 Å². The second kappa shape index (κ2) is 9.20. The van der Waals surface area contributed by atoms with Gasteiger partial charge < -0.3 is 26.0 Å². The molecule has 11 heteroatoms. The first-order valence-electron chi connectivity index (χ1n) is 11.1. The molecule has 4 aromatic rings. The van der Waals surface area contributed by atoms with Crippen LogP contribution in [0.15, 0.2) is 36.7 Å². The molecule has 1 amide bonds. The minimum Gasteiger partial charge on any atom is -0.462 e. The Hall–Kier alpha value is -3.83. The van der Waals surface area contributed by atoms with Crippen LogP contribution in [0.4, 0.5) is 15.8 Å². The maximum Gasteiger partial charge on any atom is 0.316 e. The van der Waals surface area contributed by atoms with Gasteiger partial charge in [0.15, 0.2) is 5.82 Å². The van der Waals surface area contributed by atoms with Crippen LogP contribution in [0, 0.1) is 5.82 Å². The number of carbonyl (C=O) groups is 1. The number of ether oxygens (including phenoxy) is 1. The highest BCUT2D eigenvalue weighted by Gasteiger charge is 2.20. The maximum absolute atomic E-state index is 14.5. The van der Waals surface area contributed by atoms with Gasteiger partial charge in [-0.1, -0.05) is 0 Å². The number of rotatable bonds is 6. The number of piperazine rings is 1. The molecule has 1 fully saturated rings. The van der Waals surface area contributed by atoms with Crippen molar-refractivity contribution in [2.75, 3.05) is 49.5 Å². The molecule has 34 heavy (non-hydrogen) atoms. The summed E-state index contributed by atoms with van der Waals surface area (Å²) in [5.41, 5.74) is 7.85. The summed E-state index contributed by atoms with van der Waals surface area (Å²) in [7, 11) is 1.72. The molecule has 0 bridgehead atoms. The van der Waals surface area contributed by atoms with Crippen LogP contribution in [0.2, 0.25) is 0 Å². The Morgan fingerprint density at radius 2 is 2.09 bits per heavy atom. The van der Waals surface area contributed by atoms with Gasteiger partial charge in [0, 0.05) is 74.3 Å². The summed E-state index contributed by atoms with van der Waals surface area (Å²) in [6.45, 7) is 3.97. The highest BCUT2D eigenvalue weighted by Crippen LogP contribution is 2.30. The number of nitrogens with zero attached hydrogens (tertiary/aromatic N) is 5. The van der Waals surface area contributed by atoms with E-state index in [2.05, 4.69) is 30.6 Å². The second-order valence-electron chi connectivity index (χ2n) is 8.07. The summed E-state index contributed by atoms with van der Waals surface area (Å²) in [6, 6.07) is 6.72. The van der Waals surface area contributed by atoms with Crippen molar-refractivity contribution in [2.45, 2.75) is 0 Å². The van der Waals surface area contributed by atoms with E-state index in [-0.39, 0.29) is 18.1 Å². The summed E-state index contributed by atoms with van der Waals surface area (Å²) in [6.07, 6.45) is 3.36. The van der Waals surface area contributed by atoms with Crippen LogP contribution in [0.1, 0.15) is 10.4 Å². The lowest BCUT2D eigenvalue weighted by molar-refractivity contribution is 0.102. The van der Waals surface area contributed by atoms with Gasteiger partial charge in [-0.3, -0.25) is 9.48 Å². The number of carbonyl (C=O) groups excluding carboxylic acids is 1.